The van der Waals surface area contributed by atoms with E-state index in [-0.39, 0.29) is 30.6 Å². The van der Waals surface area contributed by atoms with Crippen LogP contribution in [0.3, 0.4) is 0 Å². The van der Waals surface area contributed by atoms with Crippen LogP contribution in [-0.2, 0) is 32.1 Å². The molecule has 1 atom stereocenters. The summed E-state index contributed by atoms with van der Waals surface area (Å²) in [5.74, 6) is -0.228. The van der Waals surface area contributed by atoms with Gasteiger partial charge in [0.15, 0.2) is 0 Å². The van der Waals surface area contributed by atoms with Gasteiger partial charge in [-0.3, -0.25) is 4.79 Å². The Labute approximate surface area is 208 Å². The van der Waals surface area contributed by atoms with E-state index in [4.69, 9.17) is 21.1 Å². The number of aldehydes is 1. The molecule has 1 unspecified atom stereocenters. The fourth-order valence-corrected chi connectivity index (χ4v) is 5.39. The van der Waals surface area contributed by atoms with Crippen molar-refractivity contribution in [1.82, 2.24) is 14.6 Å². The number of nitrogens with zero attached hydrogens (tertiary/aromatic N) is 1. The van der Waals surface area contributed by atoms with Crippen LogP contribution in [0.4, 0.5) is 0 Å². The van der Waals surface area contributed by atoms with Gasteiger partial charge in [0.05, 0.1) is 35.8 Å². The Morgan fingerprint density at radius 3 is 2.51 bits per heavy atom. The molecule has 2 N–H and O–H groups in total. The first-order chi connectivity index (χ1) is 16.6. The molecule has 1 fully saturated rings. The van der Waals surface area contributed by atoms with Gasteiger partial charge in [-0.05, 0) is 35.9 Å². The number of hydrogen-bond acceptors (Lipinski definition) is 6. The molecule has 1 aliphatic heterocycles. The number of aryl methyl sites for hydroxylation is 1. The van der Waals surface area contributed by atoms with Crippen LogP contribution in [-0.4, -0.2) is 52.0 Å². The Morgan fingerprint density at radius 2 is 1.94 bits per heavy atom. The van der Waals surface area contributed by atoms with Crippen molar-refractivity contribution in [3.05, 3.63) is 58.7 Å². The van der Waals surface area contributed by atoms with Gasteiger partial charge in [-0.15, -0.1) is 0 Å². The van der Waals surface area contributed by atoms with Crippen molar-refractivity contribution in [2.45, 2.75) is 17.4 Å². The van der Waals surface area contributed by atoms with E-state index in [0.29, 0.717) is 28.1 Å². The van der Waals surface area contributed by atoms with Crippen LogP contribution in [0.1, 0.15) is 23.0 Å². The van der Waals surface area contributed by atoms with Gasteiger partial charge in [0.1, 0.15) is 23.3 Å². The van der Waals surface area contributed by atoms with E-state index in [1.54, 1.807) is 42.8 Å². The number of methoxy groups -OCH3 is 1. The second-order valence-corrected chi connectivity index (χ2v) is 10.8. The van der Waals surface area contributed by atoms with E-state index >= 15 is 0 Å². The average molecular weight is 520 g/mol. The van der Waals surface area contributed by atoms with Crippen molar-refractivity contribution >= 4 is 44.7 Å². The van der Waals surface area contributed by atoms with Crippen LogP contribution in [0, 0.1) is 5.92 Å². The third-order valence-electron chi connectivity index (χ3n) is 6.17. The lowest BCUT2D eigenvalue weighted by atomic mass is 9.88. The summed E-state index contributed by atoms with van der Waals surface area (Å²) < 4.78 is 39.9. The molecule has 11 heteroatoms. The highest BCUT2D eigenvalue weighted by Gasteiger charge is 2.42. The Hall–Kier alpha value is -2.92. The Kier molecular flexibility index (Phi) is 6.92. The Morgan fingerprint density at radius 1 is 1.26 bits per heavy atom. The number of hydrogen-bond donors (Lipinski definition) is 2. The maximum atomic E-state index is 13.3. The number of benzene rings is 2. The van der Waals surface area contributed by atoms with Gasteiger partial charge in [0.2, 0.25) is 10.0 Å². The zero-order valence-corrected chi connectivity index (χ0v) is 21.1. The van der Waals surface area contributed by atoms with Crippen molar-refractivity contribution in [3.63, 3.8) is 0 Å². The van der Waals surface area contributed by atoms with E-state index < -0.39 is 21.5 Å². The first-order valence-corrected chi connectivity index (χ1v) is 12.8. The highest BCUT2D eigenvalue weighted by Crippen LogP contribution is 2.35. The first kappa shape index (κ1) is 25.2. The number of sulfonamides is 1. The summed E-state index contributed by atoms with van der Waals surface area (Å²) in [4.78, 5) is 24.1. The lowest BCUT2D eigenvalue weighted by Gasteiger charge is -2.42. The lowest BCUT2D eigenvalue weighted by molar-refractivity contribution is -0.110. The van der Waals surface area contributed by atoms with Gasteiger partial charge >= 0.3 is 0 Å². The second-order valence-electron chi connectivity index (χ2n) is 8.62. The summed E-state index contributed by atoms with van der Waals surface area (Å²) in [5.41, 5.74) is 1.12. The summed E-state index contributed by atoms with van der Waals surface area (Å²) >= 11 is 6.44. The molecule has 1 aliphatic rings. The first-order valence-electron chi connectivity index (χ1n) is 10.9. The molecule has 35 heavy (non-hydrogen) atoms. The van der Waals surface area contributed by atoms with Gasteiger partial charge in [0, 0.05) is 24.9 Å². The summed E-state index contributed by atoms with van der Waals surface area (Å²) in [5, 5.41) is 4.18. The predicted octanol–water partition coefficient (Wildman–Crippen LogP) is 2.61. The van der Waals surface area contributed by atoms with Crippen molar-refractivity contribution in [2.75, 3.05) is 26.9 Å². The van der Waals surface area contributed by atoms with E-state index in [9.17, 15) is 18.0 Å². The normalized spacial score (nSPS) is 15.9. The van der Waals surface area contributed by atoms with Crippen LogP contribution in [0.15, 0.2) is 47.4 Å². The second kappa shape index (κ2) is 9.62. The predicted molar refractivity (Wildman–Crippen MR) is 131 cm³/mol. The molecule has 2 aromatic carbocycles. The number of halogens is 1. The molecule has 0 bridgehead atoms. The molecule has 186 valence electrons. The summed E-state index contributed by atoms with van der Waals surface area (Å²) in [6.45, 7) is 2.14. The van der Waals surface area contributed by atoms with E-state index in [1.807, 2.05) is 6.07 Å². The SMILES string of the molecule is COc1ccc2c(cc(C(=O)NC3(c4ccc(S(=O)(=O)NCC(C)C=O)cc4)COC3)n2C)c1Cl. The molecule has 0 aliphatic carbocycles. The summed E-state index contributed by atoms with van der Waals surface area (Å²) in [6, 6.07) is 11.5. The average Bonchev–Trinajstić information content (AvgIpc) is 3.17. The molecule has 0 radical (unpaired) electrons. The standard InChI is InChI=1S/C24H26ClN3O6S/c1-15(12-29)11-26-35(31,32)17-6-4-16(5-7-17)24(13-34-14-24)27-23(30)20-10-18-19(28(20)2)8-9-21(33-3)22(18)25/h4-10,12,15,26H,11,13-14H2,1-3H3,(H,27,30). The molecule has 9 nitrogen and oxygen atoms in total. The van der Waals surface area contributed by atoms with Gasteiger partial charge in [-0.1, -0.05) is 30.7 Å². The fraction of sp³-hybridized carbons (Fsp3) is 0.333. The minimum absolute atomic E-state index is 0.0162. The number of carbonyl (C=O) groups excluding carboxylic acids is 2. The quantitative estimate of drug-likeness (QED) is 0.420. The molecule has 1 saturated heterocycles. The number of fused-ring (bicyclic) bond motifs is 1. The van der Waals surface area contributed by atoms with Crippen molar-refractivity contribution < 1.29 is 27.5 Å². The van der Waals surface area contributed by atoms with Gasteiger partial charge < -0.3 is 24.2 Å². The molecule has 3 aromatic rings. The molecule has 0 spiro atoms. The van der Waals surface area contributed by atoms with Crippen molar-refractivity contribution in [2.24, 2.45) is 13.0 Å². The van der Waals surface area contributed by atoms with Crippen LogP contribution in [0.2, 0.25) is 5.02 Å². The van der Waals surface area contributed by atoms with E-state index in [0.717, 1.165) is 11.1 Å². The minimum Gasteiger partial charge on any atom is -0.495 e. The van der Waals surface area contributed by atoms with Crippen LogP contribution in [0.25, 0.3) is 10.9 Å². The zero-order chi connectivity index (χ0) is 25.4. The Balaban J connectivity index is 1.57. The Bertz CT molecular complexity index is 1380. The zero-order valence-electron chi connectivity index (χ0n) is 19.5. The molecular weight excluding hydrogens is 494 g/mol. The summed E-state index contributed by atoms with van der Waals surface area (Å²) in [7, 11) is -0.456. The third kappa shape index (κ3) is 4.66. The molecule has 2 heterocycles. The molecule has 1 amide bonds. The van der Waals surface area contributed by atoms with Gasteiger partial charge in [-0.25, -0.2) is 13.1 Å². The fourth-order valence-electron chi connectivity index (χ4n) is 3.96. The maximum Gasteiger partial charge on any atom is 0.268 e. The van der Waals surface area contributed by atoms with E-state index in [2.05, 4.69) is 10.0 Å². The van der Waals surface area contributed by atoms with Gasteiger partial charge in [-0.2, -0.15) is 0 Å². The van der Waals surface area contributed by atoms with Crippen molar-refractivity contribution in [1.29, 1.82) is 0 Å². The third-order valence-corrected chi connectivity index (χ3v) is 8.00. The number of ether oxygens (including phenoxy) is 2. The lowest BCUT2D eigenvalue weighted by Crippen LogP contribution is -2.59. The molecular formula is C24H26ClN3O6S. The number of amides is 1. The maximum absolute atomic E-state index is 13.3. The number of rotatable bonds is 9. The number of carbonyl (C=O) groups is 2. The van der Waals surface area contributed by atoms with Crippen LogP contribution in [0.5, 0.6) is 5.75 Å². The highest BCUT2D eigenvalue weighted by molar-refractivity contribution is 7.89. The summed E-state index contributed by atoms with van der Waals surface area (Å²) in [6.07, 6.45) is 0.689. The van der Waals surface area contributed by atoms with Crippen LogP contribution >= 0.6 is 11.6 Å². The number of nitrogens with one attached hydrogen (secondary N) is 2. The highest BCUT2D eigenvalue weighted by atomic mass is 35.5. The topological polar surface area (TPSA) is 116 Å². The molecule has 1 aromatic heterocycles. The monoisotopic (exact) mass is 519 g/mol. The molecule has 4 rings (SSSR count). The van der Waals surface area contributed by atoms with Crippen molar-refractivity contribution in [3.8, 4) is 5.75 Å². The van der Waals surface area contributed by atoms with Gasteiger partial charge in [0.25, 0.3) is 5.91 Å². The minimum atomic E-state index is -3.77. The molecule has 0 saturated carbocycles. The van der Waals surface area contributed by atoms with Crippen LogP contribution < -0.4 is 14.8 Å². The van der Waals surface area contributed by atoms with E-state index in [1.165, 1.54) is 19.2 Å². The number of aromatic nitrogens is 1. The smallest absolute Gasteiger partial charge is 0.268 e. The largest absolute Gasteiger partial charge is 0.495 e.